The van der Waals surface area contributed by atoms with Gasteiger partial charge in [0.15, 0.2) is 0 Å². The van der Waals surface area contributed by atoms with Crippen LogP contribution in [0.5, 0.6) is 0 Å². The van der Waals surface area contributed by atoms with E-state index in [-0.39, 0.29) is 17.9 Å². The molecule has 0 aromatic carbocycles. The van der Waals surface area contributed by atoms with Gasteiger partial charge in [-0.25, -0.2) is 0 Å². The molecular formula is C16H28N2O2. The summed E-state index contributed by atoms with van der Waals surface area (Å²) in [5, 5.41) is 13.1. The molecule has 1 heterocycles. The summed E-state index contributed by atoms with van der Waals surface area (Å²) in [7, 11) is 1.94. The van der Waals surface area contributed by atoms with E-state index in [0.29, 0.717) is 11.3 Å². The third-order valence-electron chi connectivity index (χ3n) is 6.04. The van der Waals surface area contributed by atoms with E-state index in [2.05, 4.69) is 5.32 Å². The van der Waals surface area contributed by atoms with Crippen LogP contribution in [0.1, 0.15) is 44.9 Å². The van der Waals surface area contributed by atoms with Gasteiger partial charge in [0.1, 0.15) is 0 Å². The smallest absolute Gasteiger partial charge is 0.226 e. The Labute approximate surface area is 121 Å². The fourth-order valence-corrected chi connectivity index (χ4v) is 4.51. The van der Waals surface area contributed by atoms with Crippen LogP contribution in [0, 0.1) is 16.7 Å². The zero-order chi connectivity index (χ0) is 14.2. The van der Waals surface area contributed by atoms with Gasteiger partial charge in [0.25, 0.3) is 0 Å². The number of amides is 1. The highest BCUT2D eigenvalue weighted by Crippen LogP contribution is 2.59. The van der Waals surface area contributed by atoms with Crippen molar-refractivity contribution in [2.75, 3.05) is 33.3 Å². The highest BCUT2D eigenvalue weighted by molar-refractivity contribution is 5.82. The molecule has 0 aromatic rings. The van der Waals surface area contributed by atoms with Crippen molar-refractivity contribution in [3.8, 4) is 0 Å². The van der Waals surface area contributed by atoms with E-state index < -0.39 is 0 Å². The first-order valence-corrected chi connectivity index (χ1v) is 8.17. The number of aliphatic hydroxyl groups is 1. The molecule has 1 atom stereocenters. The molecule has 0 radical (unpaired) electrons. The maximum Gasteiger partial charge on any atom is 0.226 e. The van der Waals surface area contributed by atoms with Gasteiger partial charge in [0, 0.05) is 24.9 Å². The number of hydrogen-bond donors (Lipinski definition) is 2. The Morgan fingerprint density at radius 2 is 1.90 bits per heavy atom. The molecule has 1 aliphatic heterocycles. The third-order valence-corrected chi connectivity index (χ3v) is 6.04. The average Bonchev–Trinajstić information content (AvgIpc) is 2.95. The molecule has 0 aromatic heterocycles. The molecule has 4 heteroatoms. The molecule has 3 fully saturated rings. The van der Waals surface area contributed by atoms with Crippen LogP contribution in [0.15, 0.2) is 0 Å². The van der Waals surface area contributed by atoms with E-state index in [1.54, 1.807) is 0 Å². The lowest BCUT2D eigenvalue weighted by molar-refractivity contribution is -0.134. The second-order valence-corrected chi connectivity index (χ2v) is 7.43. The van der Waals surface area contributed by atoms with Crippen molar-refractivity contribution in [1.82, 2.24) is 10.2 Å². The summed E-state index contributed by atoms with van der Waals surface area (Å²) in [6.45, 7) is 3.10. The fourth-order valence-electron chi connectivity index (χ4n) is 4.51. The highest BCUT2D eigenvalue weighted by Gasteiger charge is 2.58. The van der Waals surface area contributed by atoms with E-state index in [1.807, 2.05) is 11.9 Å². The largest absolute Gasteiger partial charge is 0.396 e. The van der Waals surface area contributed by atoms with Gasteiger partial charge in [-0.1, -0.05) is 12.8 Å². The molecule has 2 N–H and O–H groups in total. The van der Waals surface area contributed by atoms with Crippen molar-refractivity contribution >= 4 is 5.91 Å². The van der Waals surface area contributed by atoms with Crippen molar-refractivity contribution in [2.45, 2.75) is 44.9 Å². The average molecular weight is 280 g/mol. The first-order valence-electron chi connectivity index (χ1n) is 8.17. The third kappa shape index (κ3) is 2.48. The fraction of sp³-hybridized carbons (Fsp3) is 0.938. The van der Waals surface area contributed by atoms with Crippen LogP contribution in [-0.2, 0) is 4.79 Å². The number of nitrogens with one attached hydrogen (secondary N) is 1. The lowest BCUT2D eigenvalue weighted by atomic mass is 9.86. The standard InChI is InChI=1S/C16H28N2O2/c1-18(11-15(12-19)4-2-3-5-15)14(20)13-10-16(13)6-8-17-9-7-16/h13,17,19H,2-12H2,1H3/t13-/m0/s1. The van der Waals surface area contributed by atoms with E-state index in [4.69, 9.17) is 0 Å². The number of hydrogen-bond acceptors (Lipinski definition) is 3. The summed E-state index contributed by atoms with van der Waals surface area (Å²) in [6, 6.07) is 0. The minimum absolute atomic E-state index is 0.0133. The molecule has 1 saturated heterocycles. The van der Waals surface area contributed by atoms with E-state index in [1.165, 1.54) is 12.8 Å². The monoisotopic (exact) mass is 280 g/mol. The molecule has 2 aliphatic carbocycles. The Kier molecular flexibility index (Phi) is 3.80. The van der Waals surface area contributed by atoms with Crippen LogP contribution in [0.3, 0.4) is 0 Å². The number of carbonyl (C=O) groups excluding carboxylic acids is 1. The Morgan fingerprint density at radius 1 is 1.25 bits per heavy atom. The van der Waals surface area contributed by atoms with Crippen LogP contribution in [-0.4, -0.2) is 49.2 Å². The summed E-state index contributed by atoms with van der Waals surface area (Å²) in [5.41, 5.74) is 0.305. The van der Waals surface area contributed by atoms with E-state index in [9.17, 15) is 9.90 Å². The topological polar surface area (TPSA) is 52.6 Å². The van der Waals surface area contributed by atoms with Gasteiger partial charge in [-0.15, -0.1) is 0 Å². The molecule has 1 spiro atoms. The Morgan fingerprint density at radius 3 is 2.50 bits per heavy atom. The lowest BCUT2D eigenvalue weighted by Gasteiger charge is -2.32. The summed E-state index contributed by atoms with van der Waals surface area (Å²) in [6.07, 6.45) is 7.93. The van der Waals surface area contributed by atoms with Gasteiger partial charge in [0.05, 0.1) is 6.61 Å². The zero-order valence-electron chi connectivity index (χ0n) is 12.7. The molecule has 3 rings (SSSR count). The van der Waals surface area contributed by atoms with Crippen LogP contribution in [0.4, 0.5) is 0 Å². The van der Waals surface area contributed by atoms with Gasteiger partial charge in [-0.2, -0.15) is 0 Å². The van der Waals surface area contributed by atoms with Crippen molar-refractivity contribution < 1.29 is 9.90 Å². The van der Waals surface area contributed by atoms with Crippen molar-refractivity contribution in [2.24, 2.45) is 16.7 Å². The first kappa shape index (κ1) is 14.3. The minimum Gasteiger partial charge on any atom is -0.396 e. The van der Waals surface area contributed by atoms with Gasteiger partial charge in [-0.3, -0.25) is 4.79 Å². The molecule has 0 bridgehead atoms. The highest BCUT2D eigenvalue weighted by atomic mass is 16.3. The zero-order valence-corrected chi connectivity index (χ0v) is 12.7. The van der Waals surface area contributed by atoms with Crippen molar-refractivity contribution in [3.63, 3.8) is 0 Å². The van der Waals surface area contributed by atoms with Gasteiger partial charge in [0.2, 0.25) is 5.91 Å². The second kappa shape index (κ2) is 5.30. The van der Waals surface area contributed by atoms with Gasteiger partial charge < -0.3 is 15.3 Å². The van der Waals surface area contributed by atoms with Crippen LogP contribution in [0.25, 0.3) is 0 Å². The number of piperidine rings is 1. The number of aliphatic hydroxyl groups excluding tert-OH is 1. The Balaban J connectivity index is 1.57. The molecule has 1 amide bonds. The maximum absolute atomic E-state index is 12.6. The van der Waals surface area contributed by atoms with Crippen LogP contribution < -0.4 is 5.32 Å². The molecule has 4 nitrogen and oxygen atoms in total. The first-order chi connectivity index (χ1) is 9.61. The summed E-state index contributed by atoms with van der Waals surface area (Å²) < 4.78 is 0. The minimum atomic E-state index is -0.0133. The summed E-state index contributed by atoms with van der Waals surface area (Å²) >= 11 is 0. The van der Waals surface area contributed by atoms with Gasteiger partial charge in [-0.05, 0) is 50.6 Å². The molecule has 2 saturated carbocycles. The van der Waals surface area contributed by atoms with Crippen LogP contribution >= 0.6 is 0 Å². The Bertz CT molecular complexity index is 371. The molecule has 20 heavy (non-hydrogen) atoms. The number of nitrogens with zero attached hydrogens (tertiary/aromatic N) is 1. The summed E-state index contributed by atoms with van der Waals surface area (Å²) in [5.74, 6) is 0.582. The SMILES string of the molecule is CN(CC1(CO)CCCC1)C(=O)[C@@H]1CC12CCNCC2. The quantitative estimate of drug-likeness (QED) is 0.818. The number of carbonyl (C=O) groups is 1. The molecule has 3 aliphatic rings. The van der Waals surface area contributed by atoms with Gasteiger partial charge >= 0.3 is 0 Å². The van der Waals surface area contributed by atoms with Crippen molar-refractivity contribution in [1.29, 1.82) is 0 Å². The predicted octanol–water partition coefficient (Wildman–Crippen LogP) is 1.39. The summed E-state index contributed by atoms with van der Waals surface area (Å²) in [4.78, 5) is 14.6. The Hall–Kier alpha value is -0.610. The molecular weight excluding hydrogens is 252 g/mol. The van der Waals surface area contributed by atoms with E-state index >= 15 is 0 Å². The number of rotatable bonds is 4. The van der Waals surface area contributed by atoms with Crippen LogP contribution in [0.2, 0.25) is 0 Å². The lowest BCUT2D eigenvalue weighted by Crippen LogP contribution is -2.41. The second-order valence-electron chi connectivity index (χ2n) is 7.43. The molecule has 0 unspecified atom stereocenters. The normalized spacial score (nSPS) is 30.4. The maximum atomic E-state index is 12.6. The molecule has 114 valence electrons. The van der Waals surface area contributed by atoms with Crippen molar-refractivity contribution in [3.05, 3.63) is 0 Å². The van der Waals surface area contributed by atoms with E-state index in [0.717, 1.165) is 51.7 Å². The predicted molar refractivity (Wildman–Crippen MR) is 78.3 cm³/mol.